The van der Waals surface area contributed by atoms with Crippen LogP contribution in [-0.4, -0.2) is 12.7 Å². The number of carbonyl (C=O) groups excluding carboxylic acids is 1. The van der Waals surface area contributed by atoms with E-state index in [1.54, 1.807) is 6.07 Å². The summed E-state index contributed by atoms with van der Waals surface area (Å²) in [7, 11) is 0. The van der Waals surface area contributed by atoms with E-state index in [4.69, 9.17) is 15.2 Å². The number of nitrogens with one attached hydrogen (secondary N) is 1. The summed E-state index contributed by atoms with van der Waals surface area (Å²) in [6.45, 7) is 1.01. The third-order valence-electron chi connectivity index (χ3n) is 3.37. The minimum Gasteiger partial charge on any atom is -0.454 e. The van der Waals surface area contributed by atoms with E-state index >= 15 is 0 Å². The first-order chi connectivity index (χ1) is 10.3. The molecule has 0 unspecified atom stereocenters. The maximum atomic E-state index is 12.2. The van der Waals surface area contributed by atoms with Crippen LogP contribution in [0.3, 0.4) is 0 Å². The van der Waals surface area contributed by atoms with Crippen LogP contribution >= 0.6 is 0 Å². The van der Waals surface area contributed by atoms with Crippen molar-refractivity contribution in [2.75, 3.05) is 6.79 Å². The largest absolute Gasteiger partial charge is 0.454 e. The second-order valence-corrected chi connectivity index (χ2v) is 4.73. The van der Waals surface area contributed by atoms with Gasteiger partial charge in [-0.25, -0.2) is 0 Å². The smallest absolute Gasteiger partial charge is 0.251 e. The van der Waals surface area contributed by atoms with Crippen molar-refractivity contribution in [2.45, 2.75) is 13.1 Å². The lowest BCUT2D eigenvalue weighted by atomic mass is 10.1. The van der Waals surface area contributed by atoms with Gasteiger partial charge in [0.05, 0.1) is 0 Å². The minimum absolute atomic E-state index is 0.131. The highest BCUT2D eigenvalue weighted by Gasteiger charge is 2.14. The highest BCUT2D eigenvalue weighted by Crippen LogP contribution is 2.32. The van der Waals surface area contributed by atoms with Crippen molar-refractivity contribution in [3.8, 4) is 11.5 Å². The SMILES string of the molecule is NCc1ccccc1C(=O)NCc1ccc2c(c1)OCO2. The lowest BCUT2D eigenvalue weighted by Crippen LogP contribution is -2.24. The molecule has 5 heteroatoms. The molecule has 0 bridgehead atoms. The Morgan fingerprint density at radius 3 is 2.81 bits per heavy atom. The highest BCUT2D eigenvalue weighted by molar-refractivity contribution is 5.95. The zero-order valence-electron chi connectivity index (χ0n) is 11.5. The molecule has 2 aromatic carbocycles. The van der Waals surface area contributed by atoms with E-state index in [2.05, 4.69) is 5.32 Å². The molecule has 0 atom stereocenters. The predicted octanol–water partition coefficient (Wildman–Crippen LogP) is 1.80. The lowest BCUT2D eigenvalue weighted by molar-refractivity contribution is 0.0950. The zero-order chi connectivity index (χ0) is 14.7. The van der Waals surface area contributed by atoms with Crippen LogP contribution in [0, 0.1) is 0 Å². The summed E-state index contributed by atoms with van der Waals surface area (Å²) in [6, 6.07) is 13.0. The van der Waals surface area contributed by atoms with Gasteiger partial charge in [0.15, 0.2) is 11.5 Å². The zero-order valence-corrected chi connectivity index (χ0v) is 11.5. The van der Waals surface area contributed by atoms with Crippen molar-refractivity contribution in [1.29, 1.82) is 0 Å². The topological polar surface area (TPSA) is 73.6 Å². The molecule has 108 valence electrons. The van der Waals surface area contributed by atoms with E-state index in [0.717, 1.165) is 16.9 Å². The van der Waals surface area contributed by atoms with Gasteiger partial charge in [0.2, 0.25) is 6.79 Å². The standard InChI is InChI=1S/C16H16N2O3/c17-8-12-3-1-2-4-13(12)16(19)18-9-11-5-6-14-15(7-11)21-10-20-14/h1-7H,8-10,17H2,(H,18,19). The molecule has 3 rings (SSSR count). The molecule has 1 heterocycles. The van der Waals surface area contributed by atoms with Crippen LogP contribution in [0.25, 0.3) is 0 Å². The van der Waals surface area contributed by atoms with Crippen molar-refractivity contribution in [3.63, 3.8) is 0 Å². The number of carbonyl (C=O) groups is 1. The average molecular weight is 284 g/mol. The number of hydrogen-bond acceptors (Lipinski definition) is 4. The summed E-state index contributed by atoms with van der Waals surface area (Å²) in [6.07, 6.45) is 0. The Balaban J connectivity index is 1.68. The minimum atomic E-state index is -0.131. The molecular weight excluding hydrogens is 268 g/mol. The number of amides is 1. The maximum absolute atomic E-state index is 12.2. The molecule has 0 fully saturated rings. The monoisotopic (exact) mass is 284 g/mol. The van der Waals surface area contributed by atoms with Crippen LogP contribution in [0.1, 0.15) is 21.5 Å². The van der Waals surface area contributed by atoms with Crippen LogP contribution in [0.2, 0.25) is 0 Å². The van der Waals surface area contributed by atoms with E-state index in [9.17, 15) is 4.79 Å². The van der Waals surface area contributed by atoms with E-state index in [1.807, 2.05) is 36.4 Å². The maximum Gasteiger partial charge on any atom is 0.251 e. The average Bonchev–Trinajstić information content (AvgIpc) is 3.00. The number of benzene rings is 2. The molecule has 2 aromatic rings. The fourth-order valence-electron chi connectivity index (χ4n) is 2.25. The van der Waals surface area contributed by atoms with Gasteiger partial charge in [0.1, 0.15) is 0 Å². The molecule has 1 aliphatic rings. The Bertz CT molecular complexity index is 670. The molecule has 3 N–H and O–H groups in total. The van der Waals surface area contributed by atoms with Gasteiger partial charge in [-0.2, -0.15) is 0 Å². The quantitative estimate of drug-likeness (QED) is 0.898. The Labute approximate surface area is 122 Å². The first-order valence-corrected chi connectivity index (χ1v) is 6.72. The molecule has 0 radical (unpaired) electrons. The fraction of sp³-hybridized carbons (Fsp3) is 0.188. The normalized spacial score (nSPS) is 12.2. The first kappa shape index (κ1) is 13.5. The highest BCUT2D eigenvalue weighted by atomic mass is 16.7. The molecule has 0 spiro atoms. The van der Waals surface area contributed by atoms with Gasteiger partial charge in [-0.15, -0.1) is 0 Å². The molecule has 0 saturated carbocycles. The summed E-state index contributed by atoms with van der Waals surface area (Å²) < 4.78 is 10.6. The number of rotatable bonds is 4. The van der Waals surface area contributed by atoms with Crippen molar-refractivity contribution < 1.29 is 14.3 Å². The van der Waals surface area contributed by atoms with Crippen molar-refractivity contribution in [1.82, 2.24) is 5.32 Å². The van der Waals surface area contributed by atoms with Crippen LogP contribution in [0.5, 0.6) is 11.5 Å². The number of hydrogen-bond donors (Lipinski definition) is 2. The van der Waals surface area contributed by atoms with E-state index in [0.29, 0.717) is 24.4 Å². The summed E-state index contributed by atoms with van der Waals surface area (Å²) in [5.41, 5.74) is 8.05. The predicted molar refractivity (Wildman–Crippen MR) is 78.1 cm³/mol. The molecule has 1 amide bonds. The second kappa shape index (κ2) is 5.85. The summed E-state index contributed by atoms with van der Waals surface area (Å²) in [4.78, 5) is 12.2. The summed E-state index contributed by atoms with van der Waals surface area (Å²) in [5, 5.41) is 2.89. The Kier molecular flexibility index (Phi) is 3.75. The van der Waals surface area contributed by atoms with Crippen molar-refractivity contribution in [3.05, 3.63) is 59.2 Å². The van der Waals surface area contributed by atoms with E-state index in [1.165, 1.54) is 0 Å². The number of ether oxygens (including phenoxy) is 2. The van der Waals surface area contributed by atoms with Gasteiger partial charge in [-0.3, -0.25) is 4.79 Å². The van der Waals surface area contributed by atoms with Crippen LogP contribution < -0.4 is 20.5 Å². The molecule has 0 aromatic heterocycles. The van der Waals surface area contributed by atoms with Gasteiger partial charge in [-0.05, 0) is 29.3 Å². The Morgan fingerprint density at radius 2 is 1.95 bits per heavy atom. The van der Waals surface area contributed by atoms with Gasteiger partial charge >= 0.3 is 0 Å². The van der Waals surface area contributed by atoms with E-state index < -0.39 is 0 Å². The fourth-order valence-corrected chi connectivity index (χ4v) is 2.25. The molecule has 5 nitrogen and oxygen atoms in total. The first-order valence-electron chi connectivity index (χ1n) is 6.72. The van der Waals surface area contributed by atoms with Gasteiger partial charge < -0.3 is 20.5 Å². The summed E-state index contributed by atoms with van der Waals surface area (Å²) in [5.74, 6) is 1.32. The van der Waals surface area contributed by atoms with Gasteiger partial charge in [0.25, 0.3) is 5.91 Å². The number of nitrogens with two attached hydrogens (primary N) is 1. The molecule has 21 heavy (non-hydrogen) atoms. The Hall–Kier alpha value is -2.53. The van der Waals surface area contributed by atoms with Crippen molar-refractivity contribution >= 4 is 5.91 Å². The second-order valence-electron chi connectivity index (χ2n) is 4.73. The number of fused-ring (bicyclic) bond motifs is 1. The van der Waals surface area contributed by atoms with E-state index in [-0.39, 0.29) is 12.7 Å². The van der Waals surface area contributed by atoms with Crippen LogP contribution in [0.4, 0.5) is 0 Å². The third kappa shape index (κ3) is 2.83. The molecule has 0 aliphatic carbocycles. The third-order valence-corrected chi connectivity index (χ3v) is 3.37. The van der Waals surface area contributed by atoms with Crippen LogP contribution in [0.15, 0.2) is 42.5 Å². The van der Waals surface area contributed by atoms with Gasteiger partial charge in [0, 0.05) is 18.7 Å². The molecule has 0 saturated heterocycles. The molecular formula is C16H16N2O3. The Morgan fingerprint density at radius 1 is 1.14 bits per heavy atom. The summed E-state index contributed by atoms with van der Waals surface area (Å²) >= 11 is 0. The lowest BCUT2D eigenvalue weighted by Gasteiger charge is -2.09. The van der Waals surface area contributed by atoms with Crippen molar-refractivity contribution in [2.24, 2.45) is 5.73 Å². The van der Waals surface area contributed by atoms with Gasteiger partial charge in [-0.1, -0.05) is 24.3 Å². The van der Waals surface area contributed by atoms with Crippen LogP contribution in [-0.2, 0) is 13.1 Å². The molecule has 1 aliphatic heterocycles.